The van der Waals surface area contributed by atoms with Gasteiger partial charge in [0.2, 0.25) is 17.7 Å². The Balaban J connectivity index is 1.90. The number of rotatable bonds is 2. The third kappa shape index (κ3) is 2.55. The zero-order valence-electron chi connectivity index (χ0n) is 13.0. The van der Waals surface area contributed by atoms with Crippen LogP contribution in [0.5, 0.6) is 0 Å². The molecule has 0 bridgehead atoms. The van der Waals surface area contributed by atoms with Crippen molar-refractivity contribution in [3.8, 4) is 0 Å². The Morgan fingerprint density at radius 1 is 1.42 bits per heavy atom. The van der Waals surface area contributed by atoms with Crippen molar-refractivity contribution in [3.05, 3.63) is 30.1 Å². The summed E-state index contributed by atoms with van der Waals surface area (Å²) in [5.74, 6) is -1.78. The third-order valence-corrected chi connectivity index (χ3v) is 4.33. The highest BCUT2D eigenvalue weighted by Gasteiger charge is 2.56. The molecule has 3 rings (SSSR count). The van der Waals surface area contributed by atoms with E-state index >= 15 is 0 Å². The summed E-state index contributed by atoms with van der Waals surface area (Å²) in [7, 11) is 0. The van der Waals surface area contributed by atoms with Gasteiger partial charge in [-0.3, -0.25) is 19.7 Å². The molecular weight excluding hydrogens is 335 g/mol. The summed E-state index contributed by atoms with van der Waals surface area (Å²) in [4.78, 5) is 37.0. The Labute approximate surface area is 142 Å². The molecule has 0 unspecified atom stereocenters. The van der Waals surface area contributed by atoms with Gasteiger partial charge in [-0.25, -0.2) is 9.40 Å². The van der Waals surface area contributed by atoms with Crippen LogP contribution < -0.4 is 10.6 Å². The van der Waals surface area contributed by atoms with Crippen LogP contribution in [-0.2, 0) is 14.4 Å². The van der Waals surface area contributed by atoms with Crippen molar-refractivity contribution in [1.82, 2.24) is 15.3 Å². The van der Waals surface area contributed by atoms with Crippen molar-refractivity contribution in [3.63, 3.8) is 0 Å². The van der Waals surface area contributed by atoms with E-state index in [1.807, 2.05) is 0 Å². The van der Waals surface area contributed by atoms with E-state index in [2.05, 4.69) is 10.6 Å². The quantitative estimate of drug-likeness (QED) is 0.770. The summed E-state index contributed by atoms with van der Waals surface area (Å²) in [5.41, 5.74) is -0.869. The minimum atomic E-state index is -1.14. The first-order valence-electron chi connectivity index (χ1n) is 7.26. The topological polar surface area (TPSA) is 81.8 Å². The van der Waals surface area contributed by atoms with Crippen LogP contribution in [0.25, 0.3) is 0 Å². The molecule has 0 aliphatic carbocycles. The fraction of sp³-hybridized carbons (Fsp3) is 0.333. The first kappa shape index (κ1) is 16.5. The molecule has 2 saturated heterocycles. The molecule has 0 aromatic heterocycles. The van der Waals surface area contributed by atoms with Crippen LogP contribution in [0.15, 0.2) is 24.3 Å². The van der Waals surface area contributed by atoms with Gasteiger partial charge in [-0.05, 0) is 44.3 Å². The summed E-state index contributed by atoms with van der Waals surface area (Å²) >= 11 is 5.04. The van der Waals surface area contributed by atoms with Gasteiger partial charge in [0.1, 0.15) is 17.4 Å². The van der Waals surface area contributed by atoms with Gasteiger partial charge in [0.15, 0.2) is 5.11 Å². The standard InChI is InChI=1S/C15H15FN4O3S/c1-15(2)13(23)18-14(24)19-11(21)7-10(20(15)19)12(22)17-9-5-3-4-8(16)6-9/h3-6,10H,7H2,1-2H3,(H,17,22)(H,18,23,24)/t10-/m0/s1. The summed E-state index contributed by atoms with van der Waals surface area (Å²) in [5, 5.41) is 7.51. The van der Waals surface area contributed by atoms with Crippen LogP contribution >= 0.6 is 12.2 Å². The van der Waals surface area contributed by atoms with Crippen LogP contribution in [0.2, 0.25) is 0 Å². The Bertz CT molecular complexity index is 767. The highest BCUT2D eigenvalue weighted by Crippen LogP contribution is 2.32. The Hall–Kier alpha value is -2.39. The first-order valence-corrected chi connectivity index (χ1v) is 7.66. The highest BCUT2D eigenvalue weighted by molar-refractivity contribution is 7.80. The molecule has 3 amide bonds. The number of halogens is 1. The van der Waals surface area contributed by atoms with Crippen LogP contribution in [0, 0.1) is 5.82 Å². The van der Waals surface area contributed by atoms with E-state index in [9.17, 15) is 18.8 Å². The smallest absolute Gasteiger partial charge is 0.248 e. The largest absolute Gasteiger partial charge is 0.325 e. The van der Waals surface area contributed by atoms with Crippen molar-refractivity contribution < 1.29 is 18.8 Å². The number of hydrogen-bond donors (Lipinski definition) is 2. The van der Waals surface area contributed by atoms with Crippen molar-refractivity contribution >= 4 is 40.7 Å². The Kier molecular flexibility index (Phi) is 3.84. The lowest BCUT2D eigenvalue weighted by Crippen LogP contribution is -2.71. The number of fused-ring (bicyclic) bond motifs is 1. The Morgan fingerprint density at radius 2 is 2.12 bits per heavy atom. The number of hydrogen-bond acceptors (Lipinski definition) is 5. The maximum Gasteiger partial charge on any atom is 0.248 e. The monoisotopic (exact) mass is 350 g/mol. The van der Waals surface area contributed by atoms with E-state index in [4.69, 9.17) is 12.2 Å². The molecule has 24 heavy (non-hydrogen) atoms. The number of carbonyl (C=O) groups excluding carboxylic acids is 3. The number of hydrazine groups is 1. The minimum Gasteiger partial charge on any atom is -0.325 e. The van der Waals surface area contributed by atoms with Gasteiger partial charge in [0.05, 0.1) is 6.42 Å². The number of amides is 3. The van der Waals surface area contributed by atoms with E-state index in [0.717, 1.165) is 5.01 Å². The highest BCUT2D eigenvalue weighted by atomic mass is 32.1. The SMILES string of the molecule is CC1(C)C(=O)NC(=S)N2C(=O)C[C@@H](C(=O)Nc3cccc(F)c3)N21. The molecule has 1 aromatic carbocycles. The summed E-state index contributed by atoms with van der Waals surface area (Å²) in [6, 6.07) is 4.51. The molecule has 1 aromatic rings. The minimum absolute atomic E-state index is 0.0506. The average molecular weight is 350 g/mol. The predicted molar refractivity (Wildman–Crippen MR) is 86.9 cm³/mol. The van der Waals surface area contributed by atoms with Gasteiger partial charge in [-0.1, -0.05) is 6.07 Å². The average Bonchev–Trinajstić information content (AvgIpc) is 2.84. The lowest BCUT2D eigenvalue weighted by molar-refractivity contribution is -0.154. The number of nitrogens with one attached hydrogen (secondary N) is 2. The number of anilines is 1. The molecule has 126 valence electrons. The zero-order chi connectivity index (χ0) is 17.6. The summed E-state index contributed by atoms with van der Waals surface area (Å²) in [6.45, 7) is 3.19. The van der Waals surface area contributed by atoms with Gasteiger partial charge < -0.3 is 5.32 Å². The third-order valence-electron chi connectivity index (χ3n) is 4.05. The van der Waals surface area contributed by atoms with Crippen LogP contribution in [-0.4, -0.2) is 44.4 Å². The van der Waals surface area contributed by atoms with Crippen LogP contribution in [0.4, 0.5) is 10.1 Å². The van der Waals surface area contributed by atoms with Gasteiger partial charge in [-0.2, -0.15) is 5.01 Å². The molecule has 2 heterocycles. The normalized spacial score (nSPS) is 23.0. The van der Waals surface area contributed by atoms with Gasteiger partial charge in [0, 0.05) is 5.69 Å². The van der Waals surface area contributed by atoms with E-state index in [1.165, 1.54) is 29.3 Å². The molecule has 7 nitrogen and oxygen atoms in total. The number of thiocarbonyl (C=S) groups is 1. The van der Waals surface area contributed by atoms with Crippen molar-refractivity contribution in [2.75, 3.05) is 5.32 Å². The lowest BCUT2D eigenvalue weighted by atomic mass is 10.00. The molecule has 0 saturated carbocycles. The van der Waals surface area contributed by atoms with E-state index in [0.29, 0.717) is 0 Å². The van der Waals surface area contributed by atoms with Crippen LogP contribution in [0.3, 0.4) is 0 Å². The van der Waals surface area contributed by atoms with Crippen molar-refractivity contribution in [2.45, 2.75) is 31.8 Å². The first-order chi connectivity index (χ1) is 11.2. The molecule has 2 aliphatic rings. The van der Waals surface area contributed by atoms with Gasteiger partial charge in [-0.15, -0.1) is 0 Å². The molecule has 0 radical (unpaired) electrons. The lowest BCUT2D eigenvalue weighted by Gasteiger charge is -2.45. The fourth-order valence-electron chi connectivity index (χ4n) is 2.85. The second-order valence-corrected chi connectivity index (χ2v) is 6.47. The molecule has 2 N–H and O–H groups in total. The van der Waals surface area contributed by atoms with Crippen LogP contribution in [0.1, 0.15) is 20.3 Å². The molecular formula is C15H15FN4O3S. The van der Waals surface area contributed by atoms with E-state index in [-0.39, 0.29) is 23.1 Å². The maximum absolute atomic E-state index is 13.3. The zero-order valence-corrected chi connectivity index (χ0v) is 13.8. The second kappa shape index (κ2) is 5.60. The summed E-state index contributed by atoms with van der Waals surface area (Å²) in [6.07, 6.45) is -0.125. The van der Waals surface area contributed by atoms with E-state index in [1.54, 1.807) is 13.8 Å². The molecule has 1 atom stereocenters. The van der Waals surface area contributed by atoms with Gasteiger partial charge >= 0.3 is 0 Å². The number of nitrogens with zero attached hydrogens (tertiary/aromatic N) is 2. The molecule has 2 fully saturated rings. The van der Waals surface area contributed by atoms with Crippen molar-refractivity contribution in [1.29, 1.82) is 0 Å². The maximum atomic E-state index is 13.3. The molecule has 2 aliphatic heterocycles. The molecule has 9 heteroatoms. The summed E-state index contributed by atoms with van der Waals surface area (Å²) < 4.78 is 13.3. The second-order valence-electron chi connectivity index (χ2n) is 6.09. The number of benzene rings is 1. The fourth-order valence-corrected chi connectivity index (χ4v) is 3.13. The Morgan fingerprint density at radius 3 is 2.79 bits per heavy atom. The molecule has 0 spiro atoms. The number of carbonyl (C=O) groups is 3. The predicted octanol–water partition coefficient (Wildman–Crippen LogP) is 0.775. The van der Waals surface area contributed by atoms with Gasteiger partial charge in [0.25, 0.3) is 0 Å². The van der Waals surface area contributed by atoms with E-state index < -0.39 is 29.2 Å². The van der Waals surface area contributed by atoms with Crippen molar-refractivity contribution in [2.24, 2.45) is 0 Å².